The molecule has 1 atom stereocenters. The Morgan fingerprint density at radius 3 is 2.33 bits per heavy atom. The second-order valence-electron chi connectivity index (χ2n) is 4.56. The molecular formula is C14H24O. The molecular weight excluding hydrogens is 184 g/mol. The summed E-state index contributed by atoms with van der Waals surface area (Å²) >= 11 is 0. The molecule has 0 aromatic heterocycles. The highest BCUT2D eigenvalue weighted by atomic mass is 16.3. The van der Waals surface area contributed by atoms with Gasteiger partial charge in [0.2, 0.25) is 0 Å². The average molecular weight is 208 g/mol. The molecule has 0 fully saturated rings. The van der Waals surface area contributed by atoms with Crippen LogP contribution in [0, 0.1) is 0 Å². The topological polar surface area (TPSA) is 20.2 Å². The normalized spacial score (nSPS) is 13.5. The first-order valence-corrected chi connectivity index (χ1v) is 5.55. The largest absolute Gasteiger partial charge is 0.389 e. The van der Waals surface area contributed by atoms with Crippen molar-refractivity contribution in [2.45, 2.75) is 53.1 Å². The molecule has 0 aliphatic carbocycles. The van der Waals surface area contributed by atoms with Gasteiger partial charge in [-0.1, -0.05) is 28.9 Å². The predicted octanol–water partition coefficient (Wildman–Crippen LogP) is 4.01. The highest BCUT2D eigenvalue weighted by Gasteiger charge is 2.00. The van der Waals surface area contributed by atoms with Gasteiger partial charge < -0.3 is 5.11 Å². The lowest BCUT2D eigenvalue weighted by molar-refractivity contribution is 0.222. The van der Waals surface area contributed by atoms with E-state index in [2.05, 4.69) is 33.4 Å². The first-order valence-electron chi connectivity index (χ1n) is 5.55. The van der Waals surface area contributed by atoms with E-state index in [1.54, 1.807) is 0 Å². The summed E-state index contributed by atoms with van der Waals surface area (Å²) in [6, 6.07) is 0. The molecule has 0 aromatic rings. The Morgan fingerprint density at radius 2 is 1.87 bits per heavy atom. The molecule has 0 saturated heterocycles. The molecule has 0 bridgehead atoms. The van der Waals surface area contributed by atoms with Crippen LogP contribution in [-0.2, 0) is 0 Å². The van der Waals surface area contributed by atoms with Crippen LogP contribution in [0.3, 0.4) is 0 Å². The van der Waals surface area contributed by atoms with Crippen molar-refractivity contribution in [1.82, 2.24) is 0 Å². The van der Waals surface area contributed by atoms with Gasteiger partial charge in [-0.25, -0.2) is 0 Å². The first kappa shape index (κ1) is 14.2. The Balaban J connectivity index is 3.97. The smallest absolute Gasteiger partial charge is 0.0760 e. The summed E-state index contributed by atoms with van der Waals surface area (Å²) in [6.07, 6.45) is 6.55. The van der Waals surface area contributed by atoms with Crippen molar-refractivity contribution in [3.63, 3.8) is 0 Å². The fourth-order valence-electron chi connectivity index (χ4n) is 1.42. The van der Waals surface area contributed by atoms with Gasteiger partial charge in [-0.15, -0.1) is 6.58 Å². The van der Waals surface area contributed by atoms with Gasteiger partial charge in [0.25, 0.3) is 0 Å². The summed E-state index contributed by atoms with van der Waals surface area (Å²) in [5, 5.41) is 9.65. The second-order valence-corrected chi connectivity index (χ2v) is 4.56. The lowest BCUT2D eigenvalue weighted by Crippen LogP contribution is -2.03. The first-order chi connectivity index (χ1) is 6.91. The third kappa shape index (κ3) is 9.48. The van der Waals surface area contributed by atoms with Gasteiger partial charge in [0, 0.05) is 0 Å². The van der Waals surface area contributed by atoms with E-state index >= 15 is 0 Å². The number of aliphatic hydroxyl groups excluding tert-OH is 1. The van der Waals surface area contributed by atoms with E-state index in [0.717, 1.165) is 18.4 Å². The fourth-order valence-corrected chi connectivity index (χ4v) is 1.42. The summed E-state index contributed by atoms with van der Waals surface area (Å²) in [5.74, 6) is 0. The van der Waals surface area contributed by atoms with Crippen molar-refractivity contribution >= 4 is 0 Å². The molecule has 0 radical (unpaired) electrons. The van der Waals surface area contributed by atoms with Crippen molar-refractivity contribution in [3.8, 4) is 0 Å². The molecule has 15 heavy (non-hydrogen) atoms. The maximum Gasteiger partial charge on any atom is 0.0760 e. The molecule has 86 valence electrons. The summed E-state index contributed by atoms with van der Waals surface area (Å²) in [7, 11) is 0. The van der Waals surface area contributed by atoms with Crippen LogP contribution in [0.25, 0.3) is 0 Å². The summed E-state index contributed by atoms with van der Waals surface area (Å²) < 4.78 is 0. The monoisotopic (exact) mass is 208 g/mol. The van der Waals surface area contributed by atoms with Gasteiger partial charge in [0.15, 0.2) is 0 Å². The van der Waals surface area contributed by atoms with Crippen LogP contribution in [0.4, 0.5) is 0 Å². The van der Waals surface area contributed by atoms with E-state index in [4.69, 9.17) is 0 Å². The Labute approximate surface area is 94.2 Å². The quantitative estimate of drug-likeness (QED) is 0.654. The van der Waals surface area contributed by atoms with Gasteiger partial charge in [-0.2, -0.15) is 0 Å². The molecule has 0 heterocycles. The zero-order chi connectivity index (χ0) is 11.8. The van der Waals surface area contributed by atoms with Crippen molar-refractivity contribution in [1.29, 1.82) is 0 Å². The van der Waals surface area contributed by atoms with E-state index in [1.165, 1.54) is 11.1 Å². The Kier molecular flexibility index (Phi) is 7.06. The summed E-state index contributed by atoms with van der Waals surface area (Å²) in [4.78, 5) is 0. The molecule has 0 rings (SSSR count). The van der Waals surface area contributed by atoms with Crippen LogP contribution in [0.15, 0.2) is 35.5 Å². The molecule has 0 aliphatic heterocycles. The minimum atomic E-state index is -0.366. The molecule has 0 saturated carbocycles. The van der Waals surface area contributed by atoms with Gasteiger partial charge in [0.1, 0.15) is 0 Å². The van der Waals surface area contributed by atoms with Crippen LogP contribution in [0.2, 0.25) is 0 Å². The van der Waals surface area contributed by atoms with Gasteiger partial charge in [-0.3, -0.25) is 0 Å². The predicted molar refractivity (Wildman–Crippen MR) is 67.9 cm³/mol. The molecule has 1 N–H and O–H groups in total. The molecule has 0 amide bonds. The summed E-state index contributed by atoms with van der Waals surface area (Å²) in [6.45, 7) is 12.0. The molecule has 0 aromatic carbocycles. The third-order valence-electron chi connectivity index (χ3n) is 2.13. The molecule has 0 unspecified atom stereocenters. The van der Waals surface area contributed by atoms with E-state index in [-0.39, 0.29) is 6.10 Å². The van der Waals surface area contributed by atoms with E-state index in [1.807, 2.05) is 13.0 Å². The maximum absolute atomic E-state index is 9.65. The van der Waals surface area contributed by atoms with E-state index < -0.39 is 0 Å². The van der Waals surface area contributed by atoms with Crippen molar-refractivity contribution in [2.75, 3.05) is 0 Å². The second kappa shape index (κ2) is 7.47. The van der Waals surface area contributed by atoms with Crippen molar-refractivity contribution in [3.05, 3.63) is 35.5 Å². The Bertz CT molecular complexity index is 255. The van der Waals surface area contributed by atoms with Crippen molar-refractivity contribution in [2.24, 2.45) is 0 Å². The van der Waals surface area contributed by atoms with Gasteiger partial charge in [0.05, 0.1) is 6.10 Å². The zero-order valence-corrected chi connectivity index (χ0v) is 10.5. The lowest BCUT2D eigenvalue weighted by atomic mass is 10.1. The molecule has 1 nitrogen and oxygen atoms in total. The number of rotatable bonds is 6. The fraction of sp³-hybridized carbons (Fsp3) is 0.571. The van der Waals surface area contributed by atoms with Crippen LogP contribution in [0.1, 0.15) is 47.0 Å². The molecule has 0 spiro atoms. The van der Waals surface area contributed by atoms with Crippen LogP contribution < -0.4 is 0 Å². The molecule has 1 heteroatoms. The number of aliphatic hydroxyl groups is 1. The van der Waals surface area contributed by atoms with Crippen LogP contribution in [-0.4, -0.2) is 11.2 Å². The highest BCUT2D eigenvalue weighted by molar-refractivity contribution is 5.07. The lowest BCUT2D eigenvalue weighted by Gasteiger charge is -2.07. The summed E-state index contributed by atoms with van der Waals surface area (Å²) in [5.41, 5.74) is 3.63. The number of allylic oxidation sites excluding steroid dienone is 3. The Morgan fingerprint density at radius 1 is 1.27 bits per heavy atom. The number of hydrogen-bond acceptors (Lipinski definition) is 1. The van der Waals surface area contributed by atoms with Crippen molar-refractivity contribution < 1.29 is 5.11 Å². The maximum atomic E-state index is 9.65. The van der Waals surface area contributed by atoms with Gasteiger partial charge in [-0.05, 0) is 47.0 Å². The standard InChI is InChI=1S/C14H24O/c1-11(2)7-6-8-13(5)10-14(15)9-12(3)4/h7,10,14-15H,3,6,8-9H2,1-2,4-5H3/b13-10+/t14-/m1/s1. The van der Waals surface area contributed by atoms with Gasteiger partial charge >= 0.3 is 0 Å². The van der Waals surface area contributed by atoms with E-state index in [9.17, 15) is 5.11 Å². The van der Waals surface area contributed by atoms with Crippen LogP contribution >= 0.6 is 0 Å². The highest BCUT2D eigenvalue weighted by Crippen LogP contribution is 2.10. The van der Waals surface area contributed by atoms with E-state index in [0.29, 0.717) is 6.42 Å². The Hall–Kier alpha value is -0.820. The minimum absolute atomic E-state index is 0.366. The third-order valence-corrected chi connectivity index (χ3v) is 2.13. The number of hydrogen-bond donors (Lipinski definition) is 1. The zero-order valence-electron chi connectivity index (χ0n) is 10.5. The van der Waals surface area contributed by atoms with Crippen LogP contribution in [0.5, 0.6) is 0 Å². The molecule has 0 aliphatic rings. The minimum Gasteiger partial charge on any atom is -0.389 e. The SMILES string of the molecule is C=C(C)C[C@@H](O)/C=C(\C)CCC=C(C)C. The average Bonchev–Trinajstić information content (AvgIpc) is 2.00.